The zero-order valence-electron chi connectivity index (χ0n) is 12.2. The molecule has 2 atom stereocenters. The third kappa shape index (κ3) is 2.15. The smallest absolute Gasteiger partial charge is 0.405 e. The molecule has 5 heteroatoms. The largest absolute Gasteiger partial charge is 0.438 e. The quantitative estimate of drug-likeness (QED) is 0.730. The summed E-state index contributed by atoms with van der Waals surface area (Å²) >= 11 is 0. The van der Waals surface area contributed by atoms with Gasteiger partial charge < -0.3 is 18.8 Å². The zero-order valence-corrected chi connectivity index (χ0v) is 12.2. The maximum Gasteiger partial charge on any atom is 0.438 e. The molecule has 0 amide bonds. The Balaban J connectivity index is 1.84. The van der Waals surface area contributed by atoms with E-state index < -0.39 is 0 Å². The van der Waals surface area contributed by atoms with Crippen LogP contribution in [0, 0.1) is 0 Å². The van der Waals surface area contributed by atoms with Crippen LogP contribution >= 0.6 is 0 Å². The maximum atomic E-state index is 5.96. The Hall–Kier alpha value is -0.0951. The first-order chi connectivity index (χ1) is 9.26. The van der Waals surface area contributed by atoms with Gasteiger partial charge in [-0.25, -0.2) is 0 Å². The van der Waals surface area contributed by atoms with Crippen LogP contribution < -0.4 is 0 Å². The molecule has 0 aromatic rings. The van der Waals surface area contributed by atoms with Gasteiger partial charge in [0.15, 0.2) is 0 Å². The van der Waals surface area contributed by atoms with E-state index in [1.165, 1.54) is 25.7 Å². The monoisotopic (exact) mass is 268 g/mol. The van der Waals surface area contributed by atoms with Gasteiger partial charge in [0, 0.05) is 14.2 Å². The first-order valence-corrected chi connectivity index (χ1v) is 7.60. The van der Waals surface area contributed by atoms with Crippen LogP contribution in [0.25, 0.3) is 0 Å². The zero-order chi connectivity index (χ0) is 13.3. The molecule has 0 N–H and O–H groups in total. The fourth-order valence-electron chi connectivity index (χ4n) is 4.37. The van der Waals surface area contributed by atoms with Crippen LogP contribution in [0.3, 0.4) is 0 Å². The highest BCUT2D eigenvalue weighted by Gasteiger charge is 2.57. The van der Waals surface area contributed by atoms with Gasteiger partial charge in [-0.1, -0.05) is 25.7 Å². The van der Waals surface area contributed by atoms with Crippen LogP contribution in [0.2, 0.25) is 0 Å². The van der Waals surface area contributed by atoms with Crippen molar-refractivity contribution < 1.29 is 18.8 Å². The number of methoxy groups -OCH3 is 2. The van der Waals surface area contributed by atoms with Crippen molar-refractivity contribution in [2.45, 2.75) is 74.8 Å². The molecular formula is C14H25BO4. The summed E-state index contributed by atoms with van der Waals surface area (Å²) in [6.07, 6.45) is 9.25. The molecule has 19 heavy (non-hydrogen) atoms. The Labute approximate surface area is 116 Å². The highest BCUT2D eigenvalue weighted by molar-refractivity contribution is 6.19. The second kappa shape index (κ2) is 5.36. The van der Waals surface area contributed by atoms with Crippen LogP contribution in [0.5, 0.6) is 0 Å². The Morgan fingerprint density at radius 2 is 1.16 bits per heavy atom. The molecular weight excluding hydrogens is 243 g/mol. The van der Waals surface area contributed by atoms with E-state index in [1.54, 1.807) is 0 Å². The minimum Gasteiger partial charge on any atom is -0.405 e. The van der Waals surface area contributed by atoms with E-state index in [9.17, 15) is 0 Å². The summed E-state index contributed by atoms with van der Waals surface area (Å²) < 4.78 is 23.7. The highest BCUT2D eigenvalue weighted by atomic mass is 16.7. The molecule has 4 nitrogen and oxygen atoms in total. The number of hydrogen-bond donors (Lipinski definition) is 0. The number of rotatable bonds is 4. The second-order valence-electron chi connectivity index (χ2n) is 6.24. The summed E-state index contributed by atoms with van der Waals surface area (Å²) in [4.78, 5) is 0. The third-order valence-corrected chi connectivity index (χ3v) is 5.52. The van der Waals surface area contributed by atoms with E-state index in [4.69, 9.17) is 18.8 Å². The first-order valence-electron chi connectivity index (χ1n) is 7.60. The van der Waals surface area contributed by atoms with Crippen molar-refractivity contribution in [2.75, 3.05) is 14.2 Å². The molecule has 1 heterocycles. The lowest BCUT2D eigenvalue weighted by molar-refractivity contribution is -0.153. The molecule has 0 spiro atoms. The van der Waals surface area contributed by atoms with Gasteiger partial charge in [0.2, 0.25) is 0 Å². The molecule has 2 saturated carbocycles. The summed E-state index contributed by atoms with van der Waals surface area (Å²) in [5, 5.41) is 0. The molecule has 3 rings (SSSR count). The number of ether oxygens (including phenoxy) is 2. The lowest BCUT2D eigenvalue weighted by atomic mass is 9.81. The summed E-state index contributed by atoms with van der Waals surface area (Å²) in [6, 6.07) is 0. The van der Waals surface area contributed by atoms with Crippen molar-refractivity contribution in [1.29, 1.82) is 0 Å². The van der Waals surface area contributed by atoms with E-state index in [2.05, 4.69) is 0 Å². The van der Waals surface area contributed by atoms with Crippen LogP contribution in [0.1, 0.15) is 51.4 Å². The normalized spacial score (nSPS) is 36.5. The Bertz CT molecular complexity index is 281. The lowest BCUT2D eigenvalue weighted by Gasteiger charge is -2.43. The molecule has 0 bridgehead atoms. The van der Waals surface area contributed by atoms with E-state index >= 15 is 0 Å². The number of hydrogen-bond acceptors (Lipinski definition) is 4. The van der Waals surface area contributed by atoms with Gasteiger partial charge in [-0.05, 0) is 25.7 Å². The average molecular weight is 268 g/mol. The van der Waals surface area contributed by atoms with Gasteiger partial charge in [0.1, 0.15) is 0 Å². The van der Waals surface area contributed by atoms with Crippen molar-refractivity contribution in [3.8, 4) is 0 Å². The average Bonchev–Trinajstić information content (AvgIpc) is 3.18. The minimum atomic E-state index is -0.157. The first kappa shape index (κ1) is 13.9. The Morgan fingerprint density at radius 3 is 1.47 bits per heavy atom. The van der Waals surface area contributed by atoms with Crippen molar-refractivity contribution >= 4 is 7.69 Å². The van der Waals surface area contributed by atoms with Gasteiger partial charge in [0.05, 0.1) is 23.4 Å². The standard InChI is InChI=1S/C14H25BO4/c1-16-13(7-3-4-8-13)11-12(19-15-18-11)14(17-2)9-5-6-10-14/h11-12,15H,3-10H2,1-2H3/t11-,12-/m1/s1. The van der Waals surface area contributed by atoms with E-state index in [0.29, 0.717) is 7.69 Å². The molecule has 0 unspecified atom stereocenters. The SMILES string of the molecule is COC1([C@@H]2OBO[C@H]2C2(OC)CCCC2)CCCC1. The van der Waals surface area contributed by atoms with Gasteiger partial charge in [-0.15, -0.1) is 0 Å². The molecule has 0 aromatic heterocycles. The fourth-order valence-corrected chi connectivity index (χ4v) is 4.37. The Kier molecular flexibility index (Phi) is 3.91. The van der Waals surface area contributed by atoms with Crippen molar-refractivity contribution in [3.05, 3.63) is 0 Å². The lowest BCUT2D eigenvalue weighted by Crippen LogP contribution is -2.56. The molecule has 108 valence electrons. The molecule has 3 aliphatic rings. The van der Waals surface area contributed by atoms with Crippen LogP contribution in [-0.2, 0) is 18.8 Å². The summed E-state index contributed by atoms with van der Waals surface area (Å²) in [5.41, 5.74) is -0.315. The van der Waals surface area contributed by atoms with Gasteiger partial charge >= 0.3 is 7.69 Å². The summed E-state index contributed by atoms with van der Waals surface area (Å²) in [6.45, 7) is 0. The molecule has 1 aliphatic heterocycles. The van der Waals surface area contributed by atoms with Crippen LogP contribution in [0.4, 0.5) is 0 Å². The predicted octanol–water partition coefficient (Wildman–Crippen LogP) is 1.96. The fraction of sp³-hybridized carbons (Fsp3) is 1.00. The van der Waals surface area contributed by atoms with Crippen LogP contribution in [0.15, 0.2) is 0 Å². The van der Waals surface area contributed by atoms with Gasteiger partial charge in [0.25, 0.3) is 0 Å². The topological polar surface area (TPSA) is 36.9 Å². The van der Waals surface area contributed by atoms with E-state index in [0.717, 1.165) is 25.7 Å². The molecule has 0 radical (unpaired) electrons. The van der Waals surface area contributed by atoms with Crippen molar-refractivity contribution in [3.63, 3.8) is 0 Å². The Morgan fingerprint density at radius 1 is 0.789 bits per heavy atom. The predicted molar refractivity (Wildman–Crippen MR) is 73.3 cm³/mol. The maximum absolute atomic E-state index is 5.96. The van der Waals surface area contributed by atoms with Gasteiger partial charge in [-0.2, -0.15) is 0 Å². The molecule has 2 aliphatic carbocycles. The summed E-state index contributed by atoms with van der Waals surface area (Å²) in [7, 11) is 4.02. The van der Waals surface area contributed by atoms with E-state index in [-0.39, 0.29) is 23.4 Å². The minimum absolute atomic E-state index is 0.0260. The second-order valence-corrected chi connectivity index (χ2v) is 6.24. The van der Waals surface area contributed by atoms with Crippen molar-refractivity contribution in [1.82, 2.24) is 0 Å². The van der Waals surface area contributed by atoms with Crippen LogP contribution in [-0.4, -0.2) is 45.3 Å². The molecule has 3 fully saturated rings. The molecule has 0 aromatic carbocycles. The highest BCUT2D eigenvalue weighted by Crippen LogP contribution is 2.47. The molecule has 1 saturated heterocycles. The van der Waals surface area contributed by atoms with Gasteiger partial charge in [-0.3, -0.25) is 0 Å². The van der Waals surface area contributed by atoms with E-state index in [1.807, 2.05) is 14.2 Å². The summed E-state index contributed by atoms with van der Waals surface area (Å²) in [5.74, 6) is 0. The van der Waals surface area contributed by atoms with Crippen molar-refractivity contribution in [2.24, 2.45) is 0 Å². The third-order valence-electron chi connectivity index (χ3n) is 5.52.